The van der Waals surface area contributed by atoms with Crippen LogP contribution in [0.1, 0.15) is 39.0 Å². The summed E-state index contributed by atoms with van der Waals surface area (Å²) in [6.45, 7) is 1.86. The zero-order chi connectivity index (χ0) is 7.82. The van der Waals surface area contributed by atoms with Crippen molar-refractivity contribution in [2.45, 2.75) is 45.1 Å². The van der Waals surface area contributed by atoms with Gasteiger partial charge >= 0.3 is 0 Å². The Bertz CT molecular complexity index is 64.3. The van der Waals surface area contributed by atoms with Crippen LogP contribution in [-0.4, -0.2) is 15.6 Å². The van der Waals surface area contributed by atoms with Gasteiger partial charge in [-0.15, -0.1) is 0 Å². The molecule has 0 heterocycles. The molecule has 10 heavy (non-hydrogen) atoms. The van der Waals surface area contributed by atoms with Crippen molar-refractivity contribution in [1.29, 1.82) is 0 Å². The lowest BCUT2D eigenvalue weighted by Crippen LogP contribution is -1.98. The largest absolute Gasteiger partial charge is 0.393 e. The maximum absolute atomic E-state index is 8.91. The molecule has 0 spiro atoms. The molecule has 0 aromatic carbocycles. The lowest BCUT2D eigenvalue weighted by Gasteiger charge is -2.01. The van der Waals surface area contributed by atoms with Gasteiger partial charge in [0.15, 0.2) is 0 Å². The van der Waals surface area contributed by atoms with E-state index in [-0.39, 0.29) is 6.10 Å². The first-order chi connectivity index (χ1) is 4.77. The molecular formula is C8H17IO. The maximum Gasteiger partial charge on any atom is 0.0512 e. The number of rotatable bonds is 6. The van der Waals surface area contributed by atoms with Gasteiger partial charge in [0.2, 0.25) is 0 Å². The molecule has 0 saturated carbocycles. The van der Waals surface area contributed by atoms with Crippen LogP contribution in [0.25, 0.3) is 0 Å². The molecule has 0 fully saturated rings. The number of aliphatic hydroxyl groups is 1. The molecule has 0 saturated heterocycles. The molecule has 1 atom stereocenters. The fourth-order valence-corrected chi connectivity index (χ4v) is 1.43. The first kappa shape index (κ1) is 10.7. The summed E-state index contributed by atoms with van der Waals surface area (Å²) in [6.07, 6.45) is 6.01. The van der Waals surface area contributed by atoms with Crippen LogP contribution in [0.2, 0.25) is 0 Å². The van der Waals surface area contributed by atoms with Gasteiger partial charge in [-0.1, -0.05) is 41.9 Å². The Labute approximate surface area is 77.3 Å². The number of hydrogen-bond donors (Lipinski definition) is 1. The first-order valence-electron chi connectivity index (χ1n) is 4.01. The number of hydrogen-bond acceptors (Lipinski definition) is 1. The van der Waals surface area contributed by atoms with Crippen LogP contribution in [0.5, 0.6) is 0 Å². The Balaban J connectivity index is 2.77. The minimum absolute atomic E-state index is 0.0976. The average molecular weight is 256 g/mol. The topological polar surface area (TPSA) is 20.2 Å². The molecule has 0 aliphatic heterocycles. The van der Waals surface area contributed by atoms with E-state index in [2.05, 4.69) is 22.6 Å². The van der Waals surface area contributed by atoms with Crippen molar-refractivity contribution >= 4 is 22.6 Å². The minimum Gasteiger partial charge on any atom is -0.393 e. The van der Waals surface area contributed by atoms with Gasteiger partial charge in [-0.2, -0.15) is 0 Å². The second-order valence-corrected chi connectivity index (χ2v) is 3.82. The van der Waals surface area contributed by atoms with E-state index < -0.39 is 0 Å². The van der Waals surface area contributed by atoms with Crippen molar-refractivity contribution in [1.82, 2.24) is 0 Å². The zero-order valence-electron chi connectivity index (χ0n) is 6.65. The molecule has 1 N–H and O–H groups in total. The van der Waals surface area contributed by atoms with Crippen LogP contribution in [0, 0.1) is 0 Å². The molecular weight excluding hydrogens is 239 g/mol. The third-order valence-electron chi connectivity index (χ3n) is 1.51. The van der Waals surface area contributed by atoms with Crippen LogP contribution >= 0.6 is 22.6 Å². The lowest BCUT2D eigenvalue weighted by atomic mass is 10.1. The molecule has 2 heteroatoms. The molecule has 0 radical (unpaired) electrons. The van der Waals surface area contributed by atoms with Gasteiger partial charge in [0.25, 0.3) is 0 Å². The molecule has 0 amide bonds. The van der Waals surface area contributed by atoms with Crippen molar-refractivity contribution in [2.75, 3.05) is 4.43 Å². The molecule has 0 aliphatic carbocycles. The summed E-state index contributed by atoms with van der Waals surface area (Å²) in [6, 6.07) is 0. The van der Waals surface area contributed by atoms with Crippen LogP contribution in [-0.2, 0) is 0 Å². The monoisotopic (exact) mass is 256 g/mol. The van der Waals surface area contributed by atoms with E-state index in [1.807, 2.05) is 6.92 Å². The van der Waals surface area contributed by atoms with Crippen LogP contribution < -0.4 is 0 Å². The number of halogens is 1. The second kappa shape index (κ2) is 7.79. The highest BCUT2D eigenvalue weighted by Gasteiger charge is 1.94. The van der Waals surface area contributed by atoms with E-state index in [4.69, 9.17) is 5.11 Å². The highest BCUT2D eigenvalue weighted by Crippen LogP contribution is 2.06. The molecule has 0 rings (SSSR count). The van der Waals surface area contributed by atoms with Crippen LogP contribution in [0.15, 0.2) is 0 Å². The molecule has 0 aromatic heterocycles. The van der Waals surface area contributed by atoms with Gasteiger partial charge in [-0.05, 0) is 24.2 Å². The third-order valence-corrected chi connectivity index (χ3v) is 2.27. The highest BCUT2D eigenvalue weighted by molar-refractivity contribution is 14.1. The highest BCUT2D eigenvalue weighted by atomic mass is 127. The van der Waals surface area contributed by atoms with Gasteiger partial charge < -0.3 is 5.11 Å². The summed E-state index contributed by atoms with van der Waals surface area (Å²) in [4.78, 5) is 0. The fraction of sp³-hybridized carbons (Fsp3) is 1.00. The van der Waals surface area contributed by atoms with E-state index in [1.165, 1.54) is 30.1 Å². The third kappa shape index (κ3) is 8.69. The summed E-state index contributed by atoms with van der Waals surface area (Å²) < 4.78 is 1.27. The Morgan fingerprint density at radius 2 is 1.80 bits per heavy atom. The van der Waals surface area contributed by atoms with E-state index in [9.17, 15) is 0 Å². The number of alkyl halides is 1. The smallest absolute Gasteiger partial charge is 0.0512 e. The Kier molecular flexibility index (Phi) is 8.33. The Hall–Kier alpha value is 0.690. The van der Waals surface area contributed by atoms with Crippen molar-refractivity contribution < 1.29 is 5.11 Å². The molecule has 0 bridgehead atoms. The van der Waals surface area contributed by atoms with E-state index in [1.54, 1.807) is 0 Å². The predicted octanol–water partition coefficient (Wildman–Crippen LogP) is 2.75. The quantitative estimate of drug-likeness (QED) is 0.440. The van der Waals surface area contributed by atoms with Crippen molar-refractivity contribution in [3.05, 3.63) is 0 Å². The van der Waals surface area contributed by atoms with E-state index in [0.717, 1.165) is 6.42 Å². The van der Waals surface area contributed by atoms with Gasteiger partial charge in [0.1, 0.15) is 0 Å². The SMILES string of the molecule is C[C@@H](O)CCCCCCI. The normalized spacial score (nSPS) is 13.5. The van der Waals surface area contributed by atoms with Crippen LogP contribution in [0.3, 0.4) is 0 Å². The summed E-state index contributed by atoms with van der Waals surface area (Å²) >= 11 is 2.40. The Morgan fingerprint density at radius 3 is 2.30 bits per heavy atom. The first-order valence-corrected chi connectivity index (χ1v) is 5.54. The van der Waals surface area contributed by atoms with Crippen LogP contribution in [0.4, 0.5) is 0 Å². The lowest BCUT2D eigenvalue weighted by molar-refractivity contribution is 0.180. The maximum atomic E-state index is 8.91. The van der Waals surface area contributed by atoms with Gasteiger partial charge in [-0.25, -0.2) is 0 Å². The minimum atomic E-state index is -0.0976. The van der Waals surface area contributed by atoms with E-state index in [0.29, 0.717) is 0 Å². The summed E-state index contributed by atoms with van der Waals surface area (Å²) in [7, 11) is 0. The van der Waals surface area contributed by atoms with Gasteiger partial charge in [-0.3, -0.25) is 0 Å². The predicted molar refractivity (Wildman–Crippen MR) is 53.7 cm³/mol. The summed E-state index contributed by atoms with van der Waals surface area (Å²) in [5, 5.41) is 8.91. The number of unbranched alkanes of at least 4 members (excludes halogenated alkanes) is 3. The fourth-order valence-electron chi connectivity index (χ4n) is 0.888. The molecule has 62 valence electrons. The van der Waals surface area contributed by atoms with Crippen molar-refractivity contribution in [3.63, 3.8) is 0 Å². The molecule has 0 aromatic rings. The standard InChI is InChI=1S/C8H17IO/c1-8(10)6-4-2-3-5-7-9/h8,10H,2-7H2,1H3/t8-/m1/s1. The van der Waals surface area contributed by atoms with Crippen molar-refractivity contribution in [2.24, 2.45) is 0 Å². The van der Waals surface area contributed by atoms with Gasteiger partial charge in [0.05, 0.1) is 6.10 Å². The molecule has 0 aliphatic rings. The molecule has 0 unspecified atom stereocenters. The van der Waals surface area contributed by atoms with Crippen molar-refractivity contribution in [3.8, 4) is 0 Å². The zero-order valence-corrected chi connectivity index (χ0v) is 8.80. The van der Waals surface area contributed by atoms with Gasteiger partial charge in [0, 0.05) is 0 Å². The Morgan fingerprint density at radius 1 is 1.20 bits per heavy atom. The molecule has 1 nitrogen and oxygen atoms in total. The summed E-state index contributed by atoms with van der Waals surface area (Å²) in [5.74, 6) is 0. The number of aliphatic hydroxyl groups excluding tert-OH is 1. The summed E-state index contributed by atoms with van der Waals surface area (Å²) in [5.41, 5.74) is 0. The van der Waals surface area contributed by atoms with E-state index >= 15 is 0 Å². The second-order valence-electron chi connectivity index (χ2n) is 2.74. The average Bonchev–Trinajstić information content (AvgIpc) is 1.87.